The number of rotatable bonds is 4. The smallest absolute Gasteiger partial charge is 0.262 e. The van der Waals surface area contributed by atoms with Crippen molar-refractivity contribution in [3.05, 3.63) is 53.9 Å². The molecule has 0 saturated carbocycles. The van der Waals surface area contributed by atoms with Crippen LogP contribution in [0.5, 0.6) is 0 Å². The molecule has 2 aromatic rings. The summed E-state index contributed by atoms with van der Waals surface area (Å²) in [4.78, 5) is 4.08. The number of benzene rings is 1. The monoisotopic (exact) mass is 278 g/mol. The van der Waals surface area contributed by atoms with E-state index >= 15 is 0 Å². The van der Waals surface area contributed by atoms with Crippen LogP contribution < -0.4 is 4.72 Å². The highest BCUT2D eigenvalue weighted by atomic mass is 32.2. The number of pyridine rings is 1. The molecule has 0 aliphatic rings. The van der Waals surface area contributed by atoms with E-state index in [2.05, 4.69) is 9.71 Å². The van der Waals surface area contributed by atoms with Crippen LogP contribution in [0.1, 0.15) is 11.3 Å². The van der Waals surface area contributed by atoms with Crippen LogP contribution in [0.2, 0.25) is 0 Å². The zero-order chi connectivity index (χ0) is 13.9. The Kier molecular flexibility index (Phi) is 3.82. The minimum Gasteiger partial charge on any atom is -0.392 e. The number of hydrogen-bond acceptors (Lipinski definition) is 4. The van der Waals surface area contributed by atoms with Crippen molar-refractivity contribution < 1.29 is 13.5 Å². The van der Waals surface area contributed by atoms with E-state index in [4.69, 9.17) is 0 Å². The minimum atomic E-state index is -3.71. The maximum Gasteiger partial charge on any atom is 0.262 e. The Morgan fingerprint density at radius 1 is 1.26 bits per heavy atom. The summed E-state index contributed by atoms with van der Waals surface area (Å²) in [6.45, 7) is 1.45. The van der Waals surface area contributed by atoms with E-state index < -0.39 is 10.0 Å². The summed E-state index contributed by atoms with van der Waals surface area (Å²) in [6, 6.07) is 9.55. The zero-order valence-electron chi connectivity index (χ0n) is 10.4. The van der Waals surface area contributed by atoms with Crippen LogP contribution in [0.4, 0.5) is 5.69 Å². The molecule has 2 N–H and O–H groups in total. The third-order valence-corrected chi connectivity index (χ3v) is 4.06. The molecular weight excluding hydrogens is 264 g/mol. The fraction of sp³-hybridized carbons (Fsp3) is 0.154. The molecule has 1 heterocycles. The SMILES string of the molecule is Cc1cc(NS(=O)(=O)c2ccccc2CO)ccn1. The van der Waals surface area contributed by atoms with Crippen LogP contribution >= 0.6 is 0 Å². The molecule has 0 bridgehead atoms. The normalized spacial score (nSPS) is 11.3. The Hall–Kier alpha value is -1.92. The molecule has 1 aromatic carbocycles. The fourth-order valence-corrected chi connectivity index (χ4v) is 3.00. The third-order valence-electron chi connectivity index (χ3n) is 2.58. The van der Waals surface area contributed by atoms with Gasteiger partial charge in [0.25, 0.3) is 10.0 Å². The molecule has 19 heavy (non-hydrogen) atoms. The van der Waals surface area contributed by atoms with Gasteiger partial charge in [-0.25, -0.2) is 8.42 Å². The molecule has 0 radical (unpaired) electrons. The lowest BCUT2D eigenvalue weighted by atomic mass is 10.2. The average molecular weight is 278 g/mol. The van der Waals surface area contributed by atoms with Crippen molar-refractivity contribution in [1.29, 1.82) is 0 Å². The van der Waals surface area contributed by atoms with Crippen LogP contribution in [0.3, 0.4) is 0 Å². The first kappa shape index (κ1) is 13.5. The zero-order valence-corrected chi connectivity index (χ0v) is 11.2. The first-order valence-electron chi connectivity index (χ1n) is 5.67. The second kappa shape index (κ2) is 5.38. The van der Waals surface area contributed by atoms with Gasteiger partial charge in [0.2, 0.25) is 0 Å². The summed E-state index contributed by atoms with van der Waals surface area (Å²) < 4.78 is 27.0. The Bertz CT molecular complexity index is 684. The van der Waals surface area contributed by atoms with E-state index in [9.17, 15) is 13.5 Å². The first-order valence-corrected chi connectivity index (χ1v) is 7.15. The molecule has 0 atom stereocenters. The van der Waals surface area contributed by atoms with Gasteiger partial charge < -0.3 is 5.11 Å². The number of aliphatic hydroxyl groups excluding tert-OH is 1. The summed E-state index contributed by atoms with van der Waals surface area (Å²) in [5, 5.41) is 9.19. The van der Waals surface area contributed by atoms with E-state index in [1.54, 1.807) is 37.3 Å². The summed E-state index contributed by atoms with van der Waals surface area (Å²) in [7, 11) is -3.71. The van der Waals surface area contributed by atoms with E-state index in [-0.39, 0.29) is 11.5 Å². The fourth-order valence-electron chi connectivity index (χ4n) is 1.72. The lowest BCUT2D eigenvalue weighted by Crippen LogP contribution is -2.15. The second-order valence-corrected chi connectivity index (χ2v) is 5.71. The number of nitrogens with one attached hydrogen (secondary N) is 1. The van der Waals surface area contributed by atoms with Gasteiger partial charge in [-0.3, -0.25) is 9.71 Å². The van der Waals surface area contributed by atoms with Gasteiger partial charge in [0.05, 0.1) is 17.2 Å². The van der Waals surface area contributed by atoms with Crippen molar-refractivity contribution in [2.75, 3.05) is 4.72 Å². The van der Waals surface area contributed by atoms with Crippen LogP contribution in [0.15, 0.2) is 47.5 Å². The highest BCUT2D eigenvalue weighted by Gasteiger charge is 2.17. The molecule has 0 amide bonds. The number of sulfonamides is 1. The molecule has 1 aromatic heterocycles. The topological polar surface area (TPSA) is 79.3 Å². The minimum absolute atomic E-state index is 0.0759. The van der Waals surface area contributed by atoms with Gasteiger partial charge in [0.1, 0.15) is 0 Å². The predicted octanol–water partition coefficient (Wildman–Crippen LogP) is 1.68. The van der Waals surface area contributed by atoms with Crippen molar-refractivity contribution in [2.45, 2.75) is 18.4 Å². The molecule has 0 saturated heterocycles. The molecule has 2 rings (SSSR count). The first-order chi connectivity index (χ1) is 9.03. The highest BCUT2D eigenvalue weighted by molar-refractivity contribution is 7.92. The second-order valence-electron chi connectivity index (χ2n) is 4.06. The van der Waals surface area contributed by atoms with Gasteiger partial charge >= 0.3 is 0 Å². The Morgan fingerprint density at radius 2 is 2.00 bits per heavy atom. The number of aryl methyl sites for hydroxylation is 1. The summed E-state index contributed by atoms with van der Waals surface area (Å²) in [5.74, 6) is 0. The van der Waals surface area contributed by atoms with E-state index in [1.807, 2.05) is 0 Å². The van der Waals surface area contributed by atoms with Gasteiger partial charge in [-0.15, -0.1) is 0 Å². The average Bonchev–Trinajstić information content (AvgIpc) is 2.38. The molecular formula is C13H14N2O3S. The molecule has 5 nitrogen and oxygen atoms in total. The lowest BCUT2D eigenvalue weighted by molar-refractivity contribution is 0.278. The van der Waals surface area contributed by atoms with Crippen LogP contribution in [0, 0.1) is 6.92 Å². The van der Waals surface area contributed by atoms with Crippen LogP contribution in [-0.4, -0.2) is 18.5 Å². The Balaban J connectivity index is 2.38. The number of anilines is 1. The number of aliphatic hydroxyl groups is 1. The molecule has 0 fully saturated rings. The molecule has 0 unspecified atom stereocenters. The molecule has 6 heteroatoms. The van der Waals surface area contributed by atoms with Gasteiger partial charge in [0.15, 0.2) is 0 Å². The van der Waals surface area contributed by atoms with Crippen molar-refractivity contribution in [2.24, 2.45) is 0 Å². The van der Waals surface area contributed by atoms with E-state index in [0.717, 1.165) is 5.69 Å². The molecule has 0 spiro atoms. The molecule has 100 valence electrons. The summed E-state index contributed by atoms with van der Waals surface area (Å²) in [5.41, 5.74) is 1.52. The van der Waals surface area contributed by atoms with Gasteiger partial charge in [-0.05, 0) is 30.7 Å². The highest BCUT2D eigenvalue weighted by Crippen LogP contribution is 2.19. The molecule has 0 aliphatic heterocycles. The van der Waals surface area contributed by atoms with E-state index in [1.165, 1.54) is 12.3 Å². The number of aromatic nitrogens is 1. The van der Waals surface area contributed by atoms with Crippen LogP contribution in [0.25, 0.3) is 0 Å². The Labute approximate surface area is 112 Å². The standard InChI is InChI=1S/C13H14N2O3S/c1-10-8-12(6-7-14-10)15-19(17,18)13-5-3-2-4-11(13)9-16/h2-8,16H,9H2,1H3,(H,14,15). The van der Waals surface area contributed by atoms with Crippen molar-refractivity contribution in [3.63, 3.8) is 0 Å². The van der Waals surface area contributed by atoms with E-state index in [0.29, 0.717) is 11.3 Å². The summed E-state index contributed by atoms with van der Waals surface area (Å²) >= 11 is 0. The van der Waals surface area contributed by atoms with Gasteiger partial charge in [0, 0.05) is 11.9 Å². The number of nitrogens with zero attached hydrogens (tertiary/aromatic N) is 1. The lowest BCUT2D eigenvalue weighted by Gasteiger charge is -2.11. The van der Waals surface area contributed by atoms with Crippen molar-refractivity contribution in [1.82, 2.24) is 4.98 Å². The largest absolute Gasteiger partial charge is 0.392 e. The molecule has 0 aliphatic carbocycles. The maximum absolute atomic E-state index is 12.2. The summed E-state index contributed by atoms with van der Waals surface area (Å²) in [6.07, 6.45) is 1.53. The maximum atomic E-state index is 12.2. The predicted molar refractivity (Wildman–Crippen MR) is 72.1 cm³/mol. The Morgan fingerprint density at radius 3 is 2.68 bits per heavy atom. The van der Waals surface area contributed by atoms with Crippen molar-refractivity contribution in [3.8, 4) is 0 Å². The third kappa shape index (κ3) is 3.10. The van der Waals surface area contributed by atoms with Gasteiger partial charge in [-0.1, -0.05) is 18.2 Å². The van der Waals surface area contributed by atoms with Gasteiger partial charge in [-0.2, -0.15) is 0 Å². The number of hydrogen-bond donors (Lipinski definition) is 2. The van der Waals surface area contributed by atoms with Crippen molar-refractivity contribution >= 4 is 15.7 Å². The van der Waals surface area contributed by atoms with Crippen LogP contribution in [-0.2, 0) is 16.6 Å². The quantitative estimate of drug-likeness (QED) is 0.892.